The SMILES string of the molecule is CC(Cl)c1nc2cc(Cl)ccc2n1CCC1CCCCC1. The zero-order valence-corrected chi connectivity index (χ0v) is 14.0. The second-order valence-corrected chi connectivity index (χ2v) is 7.25. The van der Waals surface area contributed by atoms with Crippen molar-refractivity contribution < 1.29 is 0 Å². The average Bonchev–Trinajstić information content (AvgIpc) is 2.84. The van der Waals surface area contributed by atoms with Gasteiger partial charge in [0.15, 0.2) is 0 Å². The maximum Gasteiger partial charge on any atom is 0.127 e. The Morgan fingerprint density at radius 1 is 1.29 bits per heavy atom. The van der Waals surface area contributed by atoms with E-state index in [0.717, 1.165) is 34.3 Å². The summed E-state index contributed by atoms with van der Waals surface area (Å²) >= 11 is 12.4. The highest BCUT2D eigenvalue weighted by Crippen LogP contribution is 2.30. The second-order valence-electron chi connectivity index (χ2n) is 6.16. The molecule has 1 aromatic heterocycles. The topological polar surface area (TPSA) is 17.8 Å². The van der Waals surface area contributed by atoms with E-state index < -0.39 is 0 Å². The van der Waals surface area contributed by atoms with Crippen LogP contribution < -0.4 is 0 Å². The van der Waals surface area contributed by atoms with Crippen molar-refractivity contribution >= 4 is 34.2 Å². The molecule has 114 valence electrons. The molecule has 0 saturated heterocycles. The molecule has 1 fully saturated rings. The minimum Gasteiger partial charge on any atom is -0.327 e. The van der Waals surface area contributed by atoms with Crippen LogP contribution in [0, 0.1) is 5.92 Å². The molecular weight excluding hydrogens is 303 g/mol. The molecule has 2 nitrogen and oxygen atoms in total. The van der Waals surface area contributed by atoms with Crippen molar-refractivity contribution in [3.05, 3.63) is 29.0 Å². The molecular formula is C17H22Cl2N2. The van der Waals surface area contributed by atoms with E-state index in [4.69, 9.17) is 23.2 Å². The Morgan fingerprint density at radius 3 is 2.76 bits per heavy atom. The predicted octanol–water partition coefficient (Wildman–Crippen LogP) is 5.96. The number of imidazole rings is 1. The minimum absolute atomic E-state index is 0.0810. The maximum absolute atomic E-state index is 6.32. The number of nitrogens with zero attached hydrogens (tertiary/aromatic N) is 2. The second kappa shape index (κ2) is 6.58. The van der Waals surface area contributed by atoms with Crippen LogP contribution in [0.1, 0.15) is 56.7 Å². The van der Waals surface area contributed by atoms with Gasteiger partial charge in [-0.3, -0.25) is 0 Å². The highest BCUT2D eigenvalue weighted by Gasteiger charge is 2.18. The molecule has 4 heteroatoms. The summed E-state index contributed by atoms with van der Waals surface area (Å²) < 4.78 is 2.29. The number of aromatic nitrogens is 2. The van der Waals surface area contributed by atoms with Gasteiger partial charge in [-0.1, -0.05) is 43.7 Å². The van der Waals surface area contributed by atoms with Crippen LogP contribution in [-0.2, 0) is 6.54 Å². The molecule has 0 N–H and O–H groups in total. The standard InChI is InChI=1S/C17H22Cl2N2/c1-12(18)17-20-15-11-14(19)7-8-16(15)21(17)10-9-13-5-3-2-4-6-13/h7-8,11-13H,2-6,9-10H2,1H3. The molecule has 2 aromatic rings. The molecule has 21 heavy (non-hydrogen) atoms. The van der Waals surface area contributed by atoms with Crippen LogP contribution in [0.4, 0.5) is 0 Å². The molecule has 1 aromatic carbocycles. The molecule has 3 rings (SSSR count). The van der Waals surface area contributed by atoms with Crippen LogP contribution in [0.15, 0.2) is 18.2 Å². The molecule has 1 unspecified atom stereocenters. The summed E-state index contributed by atoms with van der Waals surface area (Å²) in [5.41, 5.74) is 2.10. The van der Waals surface area contributed by atoms with Crippen LogP contribution in [0.25, 0.3) is 11.0 Å². The zero-order valence-electron chi connectivity index (χ0n) is 12.5. The Hall–Kier alpha value is -0.730. The molecule has 0 bridgehead atoms. The third-order valence-electron chi connectivity index (χ3n) is 4.58. The molecule has 0 spiro atoms. The van der Waals surface area contributed by atoms with Crippen LogP contribution in [0.5, 0.6) is 0 Å². The lowest BCUT2D eigenvalue weighted by atomic mass is 9.87. The quantitative estimate of drug-likeness (QED) is 0.634. The third kappa shape index (κ3) is 3.37. The van der Waals surface area contributed by atoms with Crippen molar-refractivity contribution in [1.82, 2.24) is 9.55 Å². The minimum atomic E-state index is -0.0810. The number of halogens is 2. The van der Waals surface area contributed by atoms with Crippen molar-refractivity contribution in [2.75, 3.05) is 0 Å². The predicted molar refractivity (Wildman–Crippen MR) is 90.2 cm³/mol. The van der Waals surface area contributed by atoms with Crippen LogP contribution >= 0.6 is 23.2 Å². The fourth-order valence-corrected chi connectivity index (χ4v) is 3.78. The van der Waals surface area contributed by atoms with Gasteiger partial charge in [0.25, 0.3) is 0 Å². The number of hydrogen-bond donors (Lipinski definition) is 0. The lowest BCUT2D eigenvalue weighted by molar-refractivity contribution is 0.324. The lowest BCUT2D eigenvalue weighted by Crippen LogP contribution is -2.12. The third-order valence-corrected chi connectivity index (χ3v) is 5.01. The van der Waals surface area contributed by atoms with Crippen LogP contribution in [0.3, 0.4) is 0 Å². The van der Waals surface area contributed by atoms with Crippen molar-refractivity contribution in [2.45, 2.75) is 57.4 Å². The number of benzene rings is 1. The summed E-state index contributed by atoms with van der Waals surface area (Å²) in [5, 5.41) is 0.649. The van der Waals surface area contributed by atoms with E-state index in [9.17, 15) is 0 Å². The van der Waals surface area contributed by atoms with Gasteiger partial charge in [-0.2, -0.15) is 0 Å². The fraction of sp³-hybridized carbons (Fsp3) is 0.588. The first kappa shape index (κ1) is 15.2. The van der Waals surface area contributed by atoms with E-state index in [-0.39, 0.29) is 5.38 Å². The zero-order chi connectivity index (χ0) is 14.8. The Morgan fingerprint density at radius 2 is 2.05 bits per heavy atom. The van der Waals surface area contributed by atoms with Gasteiger partial charge in [0, 0.05) is 11.6 Å². The fourth-order valence-electron chi connectivity index (χ4n) is 3.45. The Labute approximate surface area is 136 Å². The Bertz CT molecular complexity index is 613. The van der Waals surface area contributed by atoms with Crippen LogP contribution in [0.2, 0.25) is 5.02 Å². The summed E-state index contributed by atoms with van der Waals surface area (Å²) in [4.78, 5) is 4.68. The van der Waals surface area contributed by atoms with Gasteiger partial charge in [-0.05, 0) is 37.5 Å². The molecule has 0 radical (unpaired) electrons. The van der Waals surface area contributed by atoms with E-state index in [0.29, 0.717) is 0 Å². The molecule has 1 heterocycles. The highest BCUT2D eigenvalue weighted by atomic mass is 35.5. The van der Waals surface area contributed by atoms with Gasteiger partial charge < -0.3 is 4.57 Å². The summed E-state index contributed by atoms with van der Waals surface area (Å²) in [6.45, 7) is 3.00. The van der Waals surface area contributed by atoms with Gasteiger partial charge >= 0.3 is 0 Å². The maximum atomic E-state index is 6.32. The number of alkyl halides is 1. The first-order valence-corrected chi connectivity index (χ1v) is 8.76. The average molecular weight is 325 g/mol. The Kier molecular flexibility index (Phi) is 4.75. The number of aryl methyl sites for hydroxylation is 1. The summed E-state index contributed by atoms with van der Waals surface area (Å²) in [6.07, 6.45) is 8.18. The molecule has 0 amide bonds. The van der Waals surface area contributed by atoms with Gasteiger partial charge in [-0.25, -0.2) is 4.98 Å². The molecule has 1 aliphatic carbocycles. The van der Waals surface area contributed by atoms with Crippen molar-refractivity contribution in [3.63, 3.8) is 0 Å². The normalized spacial score (nSPS) is 18.2. The smallest absolute Gasteiger partial charge is 0.127 e. The van der Waals surface area contributed by atoms with Gasteiger partial charge in [-0.15, -0.1) is 11.6 Å². The van der Waals surface area contributed by atoms with Gasteiger partial charge in [0.1, 0.15) is 5.82 Å². The summed E-state index contributed by atoms with van der Waals surface area (Å²) in [7, 11) is 0. The number of rotatable bonds is 4. The molecule has 1 aliphatic rings. The first-order chi connectivity index (χ1) is 10.1. The van der Waals surface area contributed by atoms with E-state index in [1.807, 2.05) is 19.1 Å². The lowest BCUT2D eigenvalue weighted by Gasteiger charge is -2.22. The van der Waals surface area contributed by atoms with Crippen molar-refractivity contribution in [1.29, 1.82) is 0 Å². The number of fused-ring (bicyclic) bond motifs is 1. The first-order valence-electron chi connectivity index (χ1n) is 7.95. The Balaban J connectivity index is 1.86. The van der Waals surface area contributed by atoms with Crippen molar-refractivity contribution in [2.24, 2.45) is 5.92 Å². The van der Waals surface area contributed by atoms with Crippen LogP contribution in [-0.4, -0.2) is 9.55 Å². The molecule has 1 atom stereocenters. The number of hydrogen-bond acceptors (Lipinski definition) is 1. The molecule has 0 aliphatic heterocycles. The van der Waals surface area contributed by atoms with E-state index >= 15 is 0 Å². The largest absolute Gasteiger partial charge is 0.327 e. The summed E-state index contributed by atoms with van der Waals surface area (Å²) in [6, 6.07) is 5.93. The van der Waals surface area contributed by atoms with Gasteiger partial charge in [0.05, 0.1) is 16.4 Å². The van der Waals surface area contributed by atoms with Gasteiger partial charge in [0.2, 0.25) is 0 Å². The van der Waals surface area contributed by atoms with Crippen molar-refractivity contribution in [3.8, 4) is 0 Å². The van der Waals surface area contributed by atoms with E-state index in [2.05, 4.69) is 15.6 Å². The monoisotopic (exact) mass is 324 g/mol. The van der Waals surface area contributed by atoms with E-state index in [1.54, 1.807) is 0 Å². The molecule has 1 saturated carbocycles. The van der Waals surface area contributed by atoms with E-state index in [1.165, 1.54) is 38.5 Å². The summed E-state index contributed by atoms with van der Waals surface area (Å²) in [5.74, 6) is 1.83. The highest BCUT2D eigenvalue weighted by molar-refractivity contribution is 6.31.